The van der Waals surface area contributed by atoms with Crippen LogP contribution in [0.5, 0.6) is 0 Å². The maximum Gasteiger partial charge on any atom is 0.390 e. The van der Waals surface area contributed by atoms with E-state index in [9.17, 15) is 22.4 Å². The first-order valence-corrected chi connectivity index (χ1v) is 7.37. The van der Waals surface area contributed by atoms with Gasteiger partial charge in [-0.3, -0.25) is 4.90 Å². The van der Waals surface area contributed by atoms with Crippen molar-refractivity contribution >= 4 is 11.7 Å². The van der Waals surface area contributed by atoms with Crippen LogP contribution in [-0.2, 0) is 4.74 Å². The fourth-order valence-electron chi connectivity index (χ4n) is 2.64. The van der Waals surface area contributed by atoms with E-state index < -0.39 is 31.0 Å². The third-order valence-electron chi connectivity index (χ3n) is 3.81. The van der Waals surface area contributed by atoms with E-state index in [1.165, 1.54) is 41.2 Å². The van der Waals surface area contributed by atoms with Crippen molar-refractivity contribution < 1.29 is 27.1 Å². The highest BCUT2D eigenvalue weighted by Crippen LogP contribution is 2.26. The van der Waals surface area contributed by atoms with Gasteiger partial charge in [0.25, 0.3) is 0 Å². The molecule has 0 radical (unpaired) electrons. The van der Waals surface area contributed by atoms with Crippen LogP contribution in [0.1, 0.15) is 16.8 Å². The topological polar surface area (TPSA) is 58.8 Å². The average molecular weight is 349 g/mol. The summed E-state index contributed by atoms with van der Waals surface area (Å²) in [5.74, 6) is -0.514. The Hall–Kier alpha value is -1.87. The van der Waals surface area contributed by atoms with Crippen LogP contribution in [-0.4, -0.2) is 56.3 Å². The Kier molecular flexibility index (Phi) is 5.66. The highest BCUT2D eigenvalue weighted by molar-refractivity contribution is 5.89. The van der Waals surface area contributed by atoms with Crippen molar-refractivity contribution in [1.82, 2.24) is 4.90 Å². The van der Waals surface area contributed by atoms with E-state index in [4.69, 9.17) is 5.73 Å². The zero-order valence-electron chi connectivity index (χ0n) is 13.1. The third kappa shape index (κ3) is 4.57. The number of halogens is 4. The van der Waals surface area contributed by atoms with Gasteiger partial charge in [-0.05, 0) is 24.3 Å². The number of nitrogens with zero attached hydrogens (tertiary/aromatic N) is 2. The van der Waals surface area contributed by atoms with E-state index in [2.05, 4.69) is 4.74 Å². The SMILES string of the molecule is COC(=O)c1ccc(N2C(N)CN(CCC(F)(F)F)CC2F)cc1. The molecule has 0 spiro atoms. The number of piperazine rings is 1. The molecule has 2 rings (SSSR count). The number of hydrogen-bond donors (Lipinski definition) is 1. The molecule has 2 N–H and O–H groups in total. The predicted molar refractivity (Wildman–Crippen MR) is 80.2 cm³/mol. The summed E-state index contributed by atoms with van der Waals surface area (Å²) in [6.07, 6.45) is -7.60. The number of alkyl halides is 4. The highest BCUT2D eigenvalue weighted by atomic mass is 19.4. The van der Waals surface area contributed by atoms with Crippen molar-refractivity contribution in [2.75, 3.05) is 31.6 Å². The quantitative estimate of drug-likeness (QED) is 0.513. The third-order valence-corrected chi connectivity index (χ3v) is 3.81. The Labute approximate surface area is 137 Å². The molecular formula is C15H19F4N3O2. The molecule has 0 amide bonds. The molecule has 1 fully saturated rings. The van der Waals surface area contributed by atoms with Gasteiger partial charge in [-0.15, -0.1) is 0 Å². The van der Waals surface area contributed by atoms with E-state index in [-0.39, 0.29) is 19.6 Å². The Morgan fingerprint density at radius 1 is 1.29 bits per heavy atom. The van der Waals surface area contributed by atoms with E-state index in [1.807, 2.05) is 0 Å². The number of benzene rings is 1. The number of hydrogen-bond acceptors (Lipinski definition) is 5. The molecule has 1 saturated heterocycles. The fourth-order valence-corrected chi connectivity index (χ4v) is 2.64. The van der Waals surface area contributed by atoms with Crippen LogP contribution < -0.4 is 10.6 Å². The Bertz CT molecular complexity index is 553. The minimum atomic E-state index is -4.28. The monoisotopic (exact) mass is 349 g/mol. The number of carbonyl (C=O) groups is 1. The summed E-state index contributed by atoms with van der Waals surface area (Å²) in [4.78, 5) is 14.1. The molecule has 1 aliphatic rings. The molecule has 0 aromatic heterocycles. The average Bonchev–Trinajstić information content (AvgIpc) is 2.51. The van der Waals surface area contributed by atoms with Gasteiger partial charge in [0.1, 0.15) is 0 Å². The van der Waals surface area contributed by atoms with Crippen LogP contribution in [0.4, 0.5) is 23.2 Å². The second kappa shape index (κ2) is 7.35. The lowest BCUT2D eigenvalue weighted by molar-refractivity contribution is -0.139. The maximum absolute atomic E-state index is 14.4. The summed E-state index contributed by atoms with van der Waals surface area (Å²) < 4.78 is 55.8. The number of carbonyl (C=O) groups excluding carboxylic acids is 1. The van der Waals surface area contributed by atoms with E-state index in [0.29, 0.717) is 11.3 Å². The van der Waals surface area contributed by atoms with E-state index in [1.54, 1.807) is 0 Å². The molecule has 0 bridgehead atoms. The summed E-state index contributed by atoms with van der Waals surface area (Å²) in [5.41, 5.74) is 6.70. The maximum atomic E-state index is 14.4. The van der Waals surface area contributed by atoms with Crippen LogP contribution in [0.25, 0.3) is 0 Å². The van der Waals surface area contributed by atoms with Gasteiger partial charge in [0.15, 0.2) is 6.30 Å². The van der Waals surface area contributed by atoms with E-state index in [0.717, 1.165) is 0 Å². The Morgan fingerprint density at radius 2 is 1.92 bits per heavy atom. The van der Waals surface area contributed by atoms with Gasteiger partial charge in [0.05, 0.1) is 25.3 Å². The molecule has 5 nitrogen and oxygen atoms in total. The second-order valence-corrected chi connectivity index (χ2v) is 5.57. The molecule has 24 heavy (non-hydrogen) atoms. The Balaban J connectivity index is 2.03. The van der Waals surface area contributed by atoms with Crippen molar-refractivity contribution in [2.45, 2.75) is 25.1 Å². The number of rotatable bonds is 4. The molecule has 0 aliphatic carbocycles. The number of methoxy groups -OCH3 is 1. The van der Waals surface area contributed by atoms with Crippen molar-refractivity contribution in [1.29, 1.82) is 0 Å². The molecule has 1 aromatic rings. The van der Waals surface area contributed by atoms with Crippen LogP contribution in [0.2, 0.25) is 0 Å². The van der Waals surface area contributed by atoms with Gasteiger partial charge in [0.2, 0.25) is 0 Å². The first-order chi connectivity index (χ1) is 11.2. The molecule has 1 heterocycles. The van der Waals surface area contributed by atoms with Crippen LogP contribution in [0.3, 0.4) is 0 Å². The lowest BCUT2D eigenvalue weighted by Crippen LogP contribution is -2.61. The first-order valence-electron chi connectivity index (χ1n) is 7.37. The molecular weight excluding hydrogens is 330 g/mol. The number of nitrogens with two attached hydrogens (primary N) is 1. The molecule has 9 heteroatoms. The van der Waals surface area contributed by atoms with Crippen molar-refractivity contribution in [3.05, 3.63) is 29.8 Å². The smallest absolute Gasteiger partial charge is 0.390 e. The molecule has 2 atom stereocenters. The summed E-state index contributed by atoms with van der Waals surface area (Å²) in [6, 6.07) is 6.03. The van der Waals surface area contributed by atoms with Crippen molar-refractivity contribution in [2.24, 2.45) is 5.73 Å². The fraction of sp³-hybridized carbons (Fsp3) is 0.533. The zero-order valence-corrected chi connectivity index (χ0v) is 13.1. The summed E-state index contributed by atoms with van der Waals surface area (Å²) in [5, 5.41) is 0. The van der Waals surface area contributed by atoms with Crippen molar-refractivity contribution in [3.63, 3.8) is 0 Å². The summed E-state index contributed by atoms with van der Waals surface area (Å²) in [6.45, 7) is -0.329. The number of esters is 1. The van der Waals surface area contributed by atoms with Gasteiger partial charge >= 0.3 is 12.1 Å². The lowest BCUT2D eigenvalue weighted by atomic mass is 10.1. The van der Waals surface area contributed by atoms with Crippen molar-refractivity contribution in [3.8, 4) is 0 Å². The normalized spacial score (nSPS) is 22.5. The second-order valence-electron chi connectivity index (χ2n) is 5.57. The van der Waals surface area contributed by atoms with Crippen LogP contribution in [0, 0.1) is 0 Å². The van der Waals surface area contributed by atoms with E-state index >= 15 is 0 Å². The minimum Gasteiger partial charge on any atom is -0.465 e. The minimum absolute atomic E-state index is 0.120. The highest BCUT2D eigenvalue weighted by Gasteiger charge is 2.35. The summed E-state index contributed by atoms with van der Waals surface area (Å²) >= 11 is 0. The first kappa shape index (κ1) is 18.5. The van der Waals surface area contributed by atoms with Gasteiger partial charge in [-0.25, -0.2) is 9.18 Å². The van der Waals surface area contributed by atoms with Crippen LogP contribution in [0.15, 0.2) is 24.3 Å². The lowest BCUT2D eigenvalue weighted by Gasteiger charge is -2.43. The van der Waals surface area contributed by atoms with Gasteiger partial charge in [-0.2, -0.15) is 13.2 Å². The molecule has 134 valence electrons. The summed E-state index contributed by atoms with van der Waals surface area (Å²) in [7, 11) is 1.25. The molecule has 1 aromatic carbocycles. The van der Waals surface area contributed by atoms with Gasteiger partial charge < -0.3 is 15.4 Å². The Morgan fingerprint density at radius 3 is 2.42 bits per heavy atom. The van der Waals surface area contributed by atoms with Gasteiger partial charge in [-0.1, -0.05) is 0 Å². The van der Waals surface area contributed by atoms with Gasteiger partial charge in [0, 0.05) is 25.3 Å². The number of anilines is 1. The molecule has 0 saturated carbocycles. The molecule has 2 unspecified atom stereocenters. The zero-order chi connectivity index (χ0) is 17.9. The number of ether oxygens (including phenoxy) is 1. The largest absolute Gasteiger partial charge is 0.465 e. The predicted octanol–water partition coefficient (Wildman–Crippen LogP) is 2.13. The van der Waals surface area contributed by atoms with Crippen LogP contribution >= 0.6 is 0 Å². The standard InChI is InChI=1S/C15H19F4N3O2/c1-24-14(23)10-2-4-11(5-3-10)22-12(16)8-21(9-13(22)20)7-6-15(17,18)19/h2-5,12-13H,6-9,20H2,1H3. The molecule has 1 aliphatic heterocycles.